The summed E-state index contributed by atoms with van der Waals surface area (Å²) in [6, 6.07) is 9.18. The monoisotopic (exact) mass is 390 g/mol. The molecule has 0 bridgehead atoms. The Morgan fingerprint density at radius 2 is 1.68 bits per heavy atom. The Balaban J connectivity index is 1.57. The number of ether oxygens (including phenoxy) is 2. The van der Waals surface area contributed by atoms with E-state index in [4.69, 9.17) is 9.47 Å². The lowest BCUT2D eigenvalue weighted by molar-refractivity contribution is -0.131. The molecule has 0 heterocycles. The van der Waals surface area contributed by atoms with Crippen molar-refractivity contribution in [1.82, 2.24) is 10.6 Å². The molecule has 0 spiro atoms. The number of amides is 2. The molecule has 1 fully saturated rings. The van der Waals surface area contributed by atoms with Crippen LogP contribution in [0.1, 0.15) is 40.0 Å². The molecular weight excluding hydrogens is 356 g/mol. The molecule has 3 atom stereocenters. The number of rotatable bonds is 10. The summed E-state index contributed by atoms with van der Waals surface area (Å²) in [7, 11) is 0. The van der Waals surface area contributed by atoms with Crippen LogP contribution in [-0.2, 0) is 14.3 Å². The van der Waals surface area contributed by atoms with Crippen molar-refractivity contribution >= 4 is 11.8 Å². The highest BCUT2D eigenvalue weighted by Crippen LogP contribution is 2.35. The lowest BCUT2D eigenvalue weighted by Crippen LogP contribution is -2.40. The Bertz CT molecular complexity index is 606. The SMILES string of the molecule is CC(C)[C@H]1CC[C@@H](C)C[C@@H]1OCC(=O)NCCNC(=O)COc1ccccc1. The number of carbonyl (C=O) groups excluding carboxylic acids is 2. The molecule has 0 radical (unpaired) electrons. The zero-order chi connectivity index (χ0) is 20.4. The van der Waals surface area contributed by atoms with Gasteiger partial charge in [-0.05, 0) is 42.7 Å². The molecule has 0 aromatic heterocycles. The Hall–Kier alpha value is -2.08. The summed E-state index contributed by atoms with van der Waals surface area (Å²) in [5.74, 6) is 2.03. The van der Waals surface area contributed by atoms with E-state index in [2.05, 4.69) is 31.4 Å². The minimum atomic E-state index is -0.217. The van der Waals surface area contributed by atoms with Crippen molar-refractivity contribution in [2.75, 3.05) is 26.3 Å². The van der Waals surface area contributed by atoms with E-state index < -0.39 is 0 Å². The van der Waals surface area contributed by atoms with E-state index in [1.54, 1.807) is 12.1 Å². The second-order valence-electron chi connectivity index (χ2n) is 7.98. The van der Waals surface area contributed by atoms with E-state index in [-0.39, 0.29) is 31.1 Å². The van der Waals surface area contributed by atoms with Crippen molar-refractivity contribution in [1.29, 1.82) is 0 Å². The van der Waals surface area contributed by atoms with Crippen LogP contribution in [0.3, 0.4) is 0 Å². The third-order valence-corrected chi connectivity index (χ3v) is 5.27. The van der Waals surface area contributed by atoms with Gasteiger partial charge in [-0.2, -0.15) is 0 Å². The van der Waals surface area contributed by atoms with Gasteiger partial charge in [-0.25, -0.2) is 0 Å². The van der Waals surface area contributed by atoms with E-state index in [1.807, 2.05) is 18.2 Å². The summed E-state index contributed by atoms with van der Waals surface area (Å²) in [6.07, 6.45) is 3.59. The predicted octanol–water partition coefficient (Wildman–Crippen LogP) is 2.78. The Labute approximate surface area is 168 Å². The topological polar surface area (TPSA) is 76.7 Å². The molecule has 0 saturated heterocycles. The molecule has 1 aliphatic carbocycles. The van der Waals surface area contributed by atoms with Crippen LogP contribution >= 0.6 is 0 Å². The molecule has 2 rings (SSSR count). The maximum atomic E-state index is 12.0. The zero-order valence-electron chi connectivity index (χ0n) is 17.3. The molecule has 1 aliphatic rings. The molecule has 1 saturated carbocycles. The molecule has 2 amide bonds. The highest BCUT2D eigenvalue weighted by atomic mass is 16.5. The average Bonchev–Trinajstić information content (AvgIpc) is 2.68. The molecule has 28 heavy (non-hydrogen) atoms. The van der Waals surface area contributed by atoms with Crippen molar-refractivity contribution in [2.24, 2.45) is 17.8 Å². The molecule has 156 valence electrons. The zero-order valence-corrected chi connectivity index (χ0v) is 17.3. The van der Waals surface area contributed by atoms with Crippen LogP contribution in [0.5, 0.6) is 5.75 Å². The molecule has 6 nitrogen and oxygen atoms in total. The van der Waals surface area contributed by atoms with Crippen molar-refractivity contribution in [3.8, 4) is 5.75 Å². The van der Waals surface area contributed by atoms with Gasteiger partial charge in [0.05, 0.1) is 6.10 Å². The third-order valence-electron chi connectivity index (χ3n) is 5.27. The standard InChI is InChI=1S/C22H34N2O4/c1-16(2)19-10-9-17(3)13-20(19)28-15-22(26)24-12-11-23-21(25)14-27-18-7-5-4-6-8-18/h4-8,16-17,19-20H,9-15H2,1-3H3,(H,23,25)(H,24,26)/t17-,19-,20+/m1/s1. The fourth-order valence-corrected chi connectivity index (χ4v) is 3.66. The molecular formula is C22H34N2O4. The first-order chi connectivity index (χ1) is 13.5. The van der Waals surface area contributed by atoms with Crippen LogP contribution in [0.2, 0.25) is 0 Å². The third kappa shape index (κ3) is 7.89. The van der Waals surface area contributed by atoms with Crippen LogP contribution in [0.15, 0.2) is 30.3 Å². The summed E-state index contributed by atoms with van der Waals surface area (Å²) >= 11 is 0. The van der Waals surface area contributed by atoms with Crippen molar-refractivity contribution in [2.45, 2.75) is 46.1 Å². The fourth-order valence-electron chi connectivity index (χ4n) is 3.66. The normalized spacial score (nSPS) is 21.9. The van der Waals surface area contributed by atoms with Crippen molar-refractivity contribution in [3.63, 3.8) is 0 Å². The molecule has 1 aromatic carbocycles. The van der Waals surface area contributed by atoms with Crippen LogP contribution in [0.4, 0.5) is 0 Å². The predicted molar refractivity (Wildman–Crippen MR) is 109 cm³/mol. The van der Waals surface area contributed by atoms with Gasteiger partial charge in [0.2, 0.25) is 5.91 Å². The first-order valence-corrected chi connectivity index (χ1v) is 10.3. The first kappa shape index (κ1) is 22.2. The van der Waals surface area contributed by atoms with Gasteiger partial charge >= 0.3 is 0 Å². The number of hydrogen-bond acceptors (Lipinski definition) is 4. The summed E-state index contributed by atoms with van der Waals surface area (Å²) in [4.78, 5) is 23.8. The Morgan fingerprint density at radius 3 is 2.32 bits per heavy atom. The lowest BCUT2D eigenvalue weighted by Gasteiger charge is -2.37. The van der Waals surface area contributed by atoms with Crippen LogP contribution in [0, 0.1) is 17.8 Å². The first-order valence-electron chi connectivity index (χ1n) is 10.3. The van der Waals surface area contributed by atoms with E-state index >= 15 is 0 Å². The number of nitrogens with one attached hydrogen (secondary N) is 2. The fraction of sp³-hybridized carbons (Fsp3) is 0.636. The number of carbonyl (C=O) groups is 2. The largest absolute Gasteiger partial charge is 0.484 e. The minimum Gasteiger partial charge on any atom is -0.484 e. The lowest BCUT2D eigenvalue weighted by atomic mass is 9.75. The van der Waals surface area contributed by atoms with Crippen LogP contribution < -0.4 is 15.4 Å². The second-order valence-corrected chi connectivity index (χ2v) is 7.98. The summed E-state index contributed by atoms with van der Waals surface area (Å²) in [5, 5.41) is 5.51. The molecule has 6 heteroatoms. The van der Waals surface area contributed by atoms with E-state index in [0.29, 0.717) is 36.6 Å². The number of para-hydroxylation sites is 1. The van der Waals surface area contributed by atoms with Crippen LogP contribution in [-0.4, -0.2) is 44.2 Å². The maximum Gasteiger partial charge on any atom is 0.258 e. The maximum absolute atomic E-state index is 12.0. The number of hydrogen-bond donors (Lipinski definition) is 2. The second kappa shape index (κ2) is 11.7. The smallest absolute Gasteiger partial charge is 0.258 e. The van der Waals surface area contributed by atoms with Crippen molar-refractivity contribution < 1.29 is 19.1 Å². The van der Waals surface area contributed by atoms with Gasteiger partial charge in [-0.3, -0.25) is 9.59 Å². The van der Waals surface area contributed by atoms with Gasteiger partial charge in [0.25, 0.3) is 5.91 Å². The average molecular weight is 391 g/mol. The van der Waals surface area contributed by atoms with Gasteiger partial charge < -0.3 is 20.1 Å². The van der Waals surface area contributed by atoms with Crippen LogP contribution in [0.25, 0.3) is 0 Å². The van der Waals surface area contributed by atoms with Gasteiger partial charge in [0.1, 0.15) is 12.4 Å². The quantitative estimate of drug-likeness (QED) is 0.602. The van der Waals surface area contributed by atoms with Gasteiger partial charge in [0, 0.05) is 13.1 Å². The summed E-state index contributed by atoms with van der Waals surface area (Å²) in [5.41, 5.74) is 0. The number of benzene rings is 1. The summed E-state index contributed by atoms with van der Waals surface area (Å²) in [6.45, 7) is 7.45. The summed E-state index contributed by atoms with van der Waals surface area (Å²) < 4.78 is 11.3. The van der Waals surface area contributed by atoms with E-state index in [1.165, 1.54) is 12.8 Å². The molecule has 0 unspecified atom stereocenters. The van der Waals surface area contributed by atoms with Gasteiger partial charge in [-0.1, -0.05) is 45.4 Å². The van der Waals surface area contributed by atoms with E-state index in [0.717, 1.165) is 6.42 Å². The van der Waals surface area contributed by atoms with Gasteiger partial charge in [0.15, 0.2) is 6.61 Å². The molecule has 2 N–H and O–H groups in total. The van der Waals surface area contributed by atoms with Gasteiger partial charge in [-0.15, -0.1) is 0 Å². The van der Waals surface area contributed by atoms with Crippen molar-refractivity contribution in [3.05, 3.63) is 30.3 Å². The Kier molecular flexibility index (Phi) is 9.28. The minimum absolute atomic E-state index is 0.0441. The highest BCUT2D eigenvalue weighted by Gasteiger charge is 2.31. The van der Waals surface area contributed by atoms with E-state index in [9.17, 15) is 9.59 Å². The Morgan fingerprint density at radius 1 is 1.04 bits per heavy atom. The highest BCUT2D eigenvalue weighted by molar-refractivity contribution is 5.78. The molecule has 1 aromatic rings. The molecule has 0 aliphatic heterocycles.